The number of rotatable bonds is 6. The summed E-state index contributed by atoms with van der Waals surface area (Å²) in [4.78, 5) is 24.9. The zero-order valence-corrected chi connectivity index (χ0v) is 14.8. The maximum Gasteiger partial charge on any atom is 0.391 e. The first-order valence-electron chi connectivity index (χ1n) is 8.05. The number of hydrogen-bond acceptors (Lipinski definition) is 2. The predicted molar refractivity (Wildman–Crippen MR) is 87.7 cm³/mol. The minimum Gasteiger partial charge on any atom is -0.299 e. The summed E-state index contributed by atoms with van der Waals surface area (Å²) in [6, 6.07) is 8.24. The van der Waals surface area contributed by atoms with Gasteiger partial charge in [-0.05, 0) is 5.92 Å². The molecule has 0 heterocycles. The van der Waals surface area contributed by atoms with Crippen LogP contribution in [-0.4, -0.2) is 17.7 Å². The van der Waals surface area contributed by atoms with Crippen LogP contribution in [0.3, 0.4) is 0 Å². The quantitative estimate of drug-likeness (QED) is 0.655. The van der Waals surface area contributed by atoms with Crippen molar-refractivity contribution in [2.24, 2.45) is 23.2 Å². The molecule has 0 aliphatic carbocycles. The Labute approximate surface area is 141 Å². The van der Waals surface area contributed by atoms with Gasteiger partial charge >= 0.3 is 6.18 Å². The molecule has 0 N–H and O–H groups in total. The van der Waals surface area contributed by atoms with Gasteiger partial charge < -0.3 is 0 Å². The molecule has 0 aliphatic rings. The summed E-state index contributed by atoms with van der Waals surface area (Å²) in [5, 5.41) is 0. The second-order valence-corrected chi connectivity index (χ2v) is 7.39. The molecule has 3 atom stereocenters. The highest BCUT2D eigenvalue weighted by molar-refractivity contribution is 5.98. The van der Waals surface area contributed by atoms with Crippen molar-refractivity contribution >= 4 is 11.6 Å². The van der Waals surface area contributed by atoms with Gasteiger partial charge in [-0.15, -0.1) is 0 Å². The van der Waals surface area contributed by atoms with Gasteiger partial charge in [0.1, 0.15) is 5.78 Å². The van der Waals surface area contributed by atoms with Crippen molar-refractivity contribution in [2.75, 3.05) is 0 Å². The van der Waals surface area contributed by atoms with Crippen LogP contribution >= 0.6 is 0 Å². The van der Waals surface area contributed by atoms with Crippen LogP contribution in [0.25, 0.3) is 0 Å². The van der Waals surface area contributed by atoms with Crippen molar-refractivity contribution in [1.82, 2.24) is 0 Å². The Morgan fingerprint density at radius 1 is 1.00 bits per heavy atom. The first-order chi connectivity index (χ1) is 10.9. The molecule has 1 rings (SSSR count). The molecule has 0 saturated carbocycles. The first-order valence-corrected chi connectivity index (χ1v) is 8.05. The molecule has 1 aromatic rings. The smallest absolute Gasteiger partial charge is 0.299 e. The maximum absolute atomic E-state index is 13.2. The van der Waals surface area contributed by atoms with E-state index < -0.39 is 29.3 Å². The van der Waals surface area contributed by atoms with E-state index in [0.29, 0.717) is 5.56 Å². The summed E-state index contributed by atoms with van der Waals surface area (Å²) in [6.45, 7) is 7.56. The number of benzene rings is 1. The molecule has 24 heavy (non-hydrogen) atoms. The van der Waals surface area contributed by atoms with E-state index in [1.807, 2.05) is 0 Å². The van der Waals surface area contributed by atoms with Crippen LogP contribution in [0, 0.1) is 23.2 Å². The van der Waals surface area contributed by atoms with E-state index in [9.17, 15) is 22.8 Å². The van der Waals surface area contributed by atoms with E-state index in [2.05, 4.69) is 0 Å². The SMILES string of the molecule is C[C@H](C(=O)c1ccccc1)[C@@H](CC(=O)C(C)(C)C)[C@H](C)C(F)(F)F. The van der Waals surface area contributed by atoms with Crippen molar-refractivity contribution in [2.45, 2.75) is 47.2 Å². The fourth-order valence-electron chi connectivity index (χ4n) is 2.61. The Morgan fingerprint density at radius 2 is 1.50 bits per heavy atom. The van der Waals surface area contributed by atoms with E-state index in [1.54, 1.807) is 51.1 Å². The lowest BCUT2D eigenvalue weighted by atomic mass is 9.73. The second-order valence-electron chi connectivity index (χ2n) is 7.39. The molecule has 0 saturated heterocycles. The molecule has 0 amide bonds. The zero-order chi connectivity index (χ0) is 18.7. The average Bonchev–Trinajstić information content (AvgIpc) is 2.49. The molecule has 0 spiro atoms. The molecule has 0 radical (unpaired) electrons. The van der Waals surface area contributed by atoms with Crippen molar-refractivity contribution in [3.8, 4) is 0 Å². The summed E-state index contributed by atoms with van der Waals surface area (Å²) >= 11 is 0. The lowest BCUT2D eigenvalue weighted by Gasteiger charge is -2.31. The van der Waals surface area contributed by atoms with E-state index in [1.165, 1.54) is 6.92 Å². The number of halogens is 3. The number of Topliss-reactive ketones (excluding diaryl/α,β-unsaturated/α-hetero) is 2. The Bertz CT molecular complexity index is 571. The minimum absolute atomic E-state index is 0.260. The van der Waals surface area contributed by atoms with E-state index in [-0.39, 0.29) is 18.0 Å². The Morgan fingerprint density at radius 3 is 1.92 bits per heavy atom. The summed E-state index contributed by atoms with van der Waals surface area (Å²) in [6.07, 6.45) is -4.71. The van der Waals surface area contributed by atoms with Crippen molar-refractivity contribution in [3.63, 3.8) is 0 Å². The lowest BCUT2D eigenvalue weighted by Crippen LogP contribution is -2.38. The molecule has 2 nitrogen and oxygen atoms in total. The van der Waals surface area contributed by atoms with Crippen LogP contribution in [0.5, 0.6) is 0 Å². The van der Waals surface area contributed by atoms with Gasteiger partial charge in [0, 0.05) is 23.3 Å². The predicted octanol–water partition coefficient (Wildman–Crippen LogP) is 5.33. The molecule has 0 unspecified atom stereocenters. The van der Waals surface area contributed by atoms with Crippen molar-refractivity contribution in [1.29, 1.82) is 0 Å². The summed E-state index contributed by atoms with van der Waals surface area (Å²) < 4.78 is 39.7. The molecule has 0 aromatic heterocycles. The first kappa shape index (κ1) is 20.4. The fourth-order valence-corrected chi connectivity index (χ4v) is 2.61. The number of carbonyl (C=O) groups is 2. The topological polar surface area (TPSA) is 34.1 Å². The Balaban J connectivity index is 3.12. The molecule has 5 heteroatoms. The molecule has 0 aliphatic heterocycles. The van der Waals surface area contributed by atoms with E-state index in [0.717, 1.165) is 6.92 Å². The van der Waals surface area contributed by atoms with Gasteiger partial charge in [-0.2, -0.15) is 13.2 Å². The highest BCUT2D eigenvalue weighted by Gasteiger charge is 2.46. The van der Waals surface area contributed by atoms with Gasteiger partial charge in [-0.3, -0.25) is 9.59 Å². The van der Waals surface area contributed by atoms with Crippen LogP contribution in [-0.2, 0) is 4.79 Å². The van der Waals surface area contributed by atoms with Crippen LogP contribution in [0.4, 0.5) is 13.2 Å². The monoisotopic (exact) mass is 342 g/mol. The van der Waals surface area contributed by atoms with Crippen LogP contribution in [0.15, 0.2) is 30.3 Å². The molecule has 0 fully saturated rings. The number of carbonyl (C=O) groups excluding carboxylic acids is 2. The second kappa shape index (κ2) is 7.49. The summed E-state index contributed by atoms with van der Waals surface area (Å²) in [5.74, 6) is -4.33. The third kappa shape index (κ3) is 5.18. The van der Waals surface area contributed by atoms with Crippen LogP contribution in [0.2, 0.25) is 0 Å². The van der Waals surface area contributed by atoms with Gasteiger partial charge in [0.15, 0.2) is 5.78 Å². The normalized spacial score (nSPS) is 16.3. The van der Waals surface area contributed by atoms with Crippen LogP contribution < -0.4 is 0 Å². The largest absolute Gasteiger partial charge is 0.391 e. The third-order valence-corrected chi connectivity index (χ3v) is 4.53. The van der Waals surface area contributed by atoms with Crippen molar-refractivity contribution in [3.05, 3.63) is 35.9 Å². The van der Waals surface area contributed by atoms with E-state index >= 15 is 0 Å². The highest BCUT2D eigenvalue weighted by atomic mass is 19.4. The highest BCUT2D eigenvalue weighted by Crippen LogP contribution is 2.39. The molecule has 1 aromatic carbocycles. The maximum atomic E-state index is 13.2. The van der Waals surface area contributed by atoms with Gasteiger partial charge in [0.25, 0.3) is 0 Å². The lowest BCUT2D eigenvalue weighted by molar-refractivity contribution is -0.187. The van der Waals surface area contributed by atoms with E-state index in [4.69, 9.17) is 0 Å². The molecular formula is C19H25F3O2. The van der Waals surface area contributed by atoms with Gasteiger partial charge in [-0.25, -0.2) is 0 Å². The Kier molecular flexibility index (Phi) is 6.37. The zero-order valence-electron chi connectivity index (χ0n) is 14.8. The summed E-state index contributed by atoms with van der Waals surface area (Å²) in [7, 11) is 0. The number of ketones is 2. The number of alkyl halides is 3. The third-order valence-electron chi connectivity index (χ3n) is 4.53. The van der Waals surface area contributed by atoms with Gasteiger partial charge in [0.2, 0.25) is 0 Å². The van der Waals surface area contributed by atoms with Gasteiger partial charge in [-0.1, -0.05) is 65.0 Å². The standard InChI is InChI=1S/C19H25F3O2/c1-12(17(24)14-9-7-6-8-10-14)15(13(2)19(20,21)22)11-16(23)18(3,4)5/h6-10,12-13,15H,11H2,1-5H3/t12-,13-,15+/m0/s1. The average molecular weight is 342 g/mol. The molecular weight excluding hydrogens is 317 g/mol. The Hall–Kier alpha value is -1.65. The van der Waals surface area contributed by atoms with Gasteiger partial charge in [0.05, 0.1) is 5.92 Å². The minimum atomic E-state index is -4.45. The van der Waals surface area contributed by atoms with Crippen LogP contribution in [0.1, 0.15) is 51.4 Å². The fraction of sp³-hybridized carbons (Fsp3) is 0.579. The van der Waals surface area contributed by atoms with Crippen molar-refractivity contribution < 1.29 is 22.8 Å². The molecule has 0 bridgehead atoms. The molecule has 134 valence electrons. The summed E-state index contributed by atoms with van der Waals surface area (Å²) in [5.41, 5.74) is -0.369. The number of hydrogen-bond donors (Lipinski definition) is 0.